The van der Waals surface area contributed by atoms with Crippen LogP contribution < -0.4 is 4.90 Å². The van der Waals surface area contributed by atoms with Crippen molar-refractivity contribution in [3.8, 4) is 11.3 Å². The molecule has 1 saturated heterocycles. The molecule has 0 saturated carbocycles. The monoisotopic (exact) mass is 491 g/mol. The first-order valence-corrected chi connectivity index (χ1v) is 12.5. The summed E-state index contributed by atoms with van der Waals surface area (Å²) < 4.78 is 1.82. The third kappa shape index (κ3) is 4.85. The Bertz CT molecular complexity index is 1420. The average molecular weight is 492 g/mol. The third-order valence-electron chi connectivity index (χ3n) is 6.98. The molecule has 5 aromatic rings. The molecule has 0 amide bonds. The minimum absolute atomic E-state index is 0.168. The number of hydrogen-bond acceptors (Lipinski definition) is 7. The highest BCUT2D eigenvalue weighted by Crippen LogP contribution is 2.33. The Morgan fingerprint density at radius 1 is 0.892 bits per heavy atom. The van der Waals surface area contributed by atoms with Gasteiger partial charge in [-0.05, 0) is 18.1 Å². The van der Waals surface area contributed by atoms with Crippen LogP contribution in [0.5, 0.6) is 0 Å². The van der Waals surface area contributed by atoms with E-state index in [2.05, 4.69) is 91.8 Å². The standard InChI is InChI=1S/C28H29N9/c1-21-25(19-32-33-21)27(24-5-3-2-4-6-24)35-15-17-36(18-16-35)28-26(29-11-12-30-28)23-9-7-22(8-10-23)20-37-14-13-31-34-37/h2-14,19,27H,15-18,20H2,1H3,(H,32,33). The quantitative estimate of drug-likeness (QED) is 0.371. The maximum absolute atomic E-state index is 4.76. The third-order valence-corrected chi connectivity index (χ3v) is 6.98. The molecule has 1 aliphatic heterocycles. The molecule has 0 spiro atoms. The molecule has 6 rings (SSSR count). The second-order valence-electron chi connectivity index (χ2n) is 9.29. The van der Waals surface area contributed by atoms with Gasteiger partial charge in [-0.15, -0.1) is 5.10 Å². The average Bonchev–Trinajstić information content (AvgIpc) is 3.62. The van der Waals surface area contributed by atoms with E-state index < -0.39 is 0 Å². The number of H-pyrrole nitrogens is 1. The maximum atomic E-state index is 4.76. The molecule has 1 aliphatic rings. The number of piperazine rings is 1. The zero-order valence-electron chi connectivity index (χ0n) is 20.8. The van der Waals surface area contributed by atoms with Gasteiger partial charge in [0.25, 0.3) is 0 Å². The van der Waals surface area contributed by atoms with E-state index in [0.717, 1.165) is 54.5 Å². The Balaban J connectivity index is 1.20. The SMILES string of the molecule is Cc1n[nH]cc1C(c1ccccc1)N1CCN(c2nccnc2-c2ccc(Cn3ccnn3)cc2)CC1. The molecule has 1 fully saturated rings. The van der Waals surface area contributed by atoms with Crippen LogP contribution in [0.15, 0.2) is 85.6 Å². The van der Waals surface area contributed by atoms with E-state index in [-0.39, 0.29) is 6.04 Å². The normalized spacial score (nSPS) is 15.1. The van der Waals surface area contributed by atoms with E-state index in [4.69, 9.17) is 9.97 Å². The zero-order valence-corrected chi connectivity index (χ0v) is 20.8. The van der Waals surface area contributed by atoms with Crippen LogP contribution in [0.2, 0.25) is 0 Å². The molecule has 0 aliphatic carbocycles. The lowest BCUT2D eigenvalue weighted by Crippen LogP contribution is -2.48. The van der Waals surface area contributed by atoms with Crippen molar-refractivity contribution in [2.45, 2.75) is 19.5 Å². The van der Waals surface area contributed by atoms with Crippen LogP contribution in [0.3, 0.4) is 0 Å². The first-order chi connectivity index (χ1) is 18.3. The number of rotatable bonds is 7. The van der Waals surface area contributed by atoms with Gasteiger partial charge in [0.15, 0.2) is 5.82 Å². The molecule has 0 radical (unpaired) electrons. The fraction of sp³-hybridized carbons (Fsp3) is 0.250. The Hall–Kier alpha value is -4.37. The molecule has 9 nitrogen and oxygen atoms in total. The van der Waals surface area contributed by atoms with Gasteiger partial charge in [0.05, 0.1) is 24.5 Å². The molecular formula is C28H29N9. The molecule has 1 unspecified atom stereocenters. The van der Waals surface area contributed by atoms with Crippen LogP contribution >= 0.6 is 0 Å². The van der Waals surface area contributed by atoms with Gasteiger partial charge in [0, 0.05) is 62.1 Å². The van der Waals surface area contributed by atoms with Gasteiger partial charge < -0.3 is 4.90 Å². The number of aromatic amines is 1. The lowest BCUT2D eigenvalue weighted by Gasteiger charge is -2.40. The summed E-state index contributed by atoms with van der Waals surface area (Å²) in [6, 6.07) is 19.3. The largest absolute Gasteiger partial charge is 0.352 e. The van der Waals surface area contributed by atoms with Gasteiger partial charge >= 0.3 is 0 Å². The molecule has 1 atom stereocenters. The van der Waals surface area contributed by atoms with E-state index in [1.165, 1.54) is 11.1 Å². The molecule has 186 valence electrons. The van der Waals surface area contributed by atoms with Gasteiger partial charge in [-0.3, -0.25) is 15.0 Å². The molecule has 3 aromatic heterocycles. The van der Waals surface area contributed by atoms with Crippen LogP contribution in [0.1, 0.15) is 28.4 Å². The first kappa shape index (κ1) is 23.1. The summed E-state index contributed by atoms with van der Waals surface area (Å²) in [6.45, 7) is 6.33. The number of aromatic nitrogens is 7. The number of aryl methyl sites for hydroxylation is 1. The summed E-state index contributed by atoms with van der Waals surface area (Å²) in [5.41, 5.74) is 6.68. The lowest BCUT2D eigenvalue weighted by atomic mass is 9.97. The Kier molecular flexibility index (Phi) is 6.43. The van der Waals surface area contributed by atoms with Gasteiger partial charge in [-0.25, -0.2) is 9.67 Å². The highest BCUT2D eigenvalue weighted by atomic mass is 15.4. The number of anilines is 1. The Morgan fingerprint density at radius 2 is 1.68 bits per heavy atom. The Labute approximate surface area is 215 Å². The second-order valence-corrected chi connectivity index (χ2v) is 9.29. The van der Waals surface area contributed by atoms with Crippen LogP contribution in [0.4, 0.5) is 5.82 Å². The summed E-state index contributed by atoms with van der Waals surface area (Å²) in [7, 11) is 0. The molecule has 37 heavy (non-hydrogen) atoms. The Morgan fingerprint density at radius 3 is 2.38 bits per heavy atom. The molecule has 9 heteroatoms. The van der Waals surface area contributed by atoms with Crippen molar-refractivity contribution < 1.29 is 0 Å². The van der Waals surface area contributed by atoms with Gasteiger partial charge in [0.2, 0.25) is 0 Å². The molecular weight excluding hydrogens is 462 g/mol. The molecule has 4 heterocycles. The topological polar surface area (TPSA) is 91.7 Å². The predicted octanol–water partition coefficient (Wildman–Crippen LogP) is 3.73. The summed E-state index contributed by atoms with van der Waals surface area (Å²) in [5, 5.41) is 15.4. The second kappa shape index (κ2) is 10.3. The van der Waals surface area contributed by atoms with Crippen molar-refractivity contribution in [3.63, 3.8) is 0 Å². The van der Waals surface area contributed by atoms with Crippen LogP contribution in [-0.4, -0.2) is 66.2 Å². The molecule has 2 aromatic carbocycles. The van der Waals surface area contributed by atoms with Crippen molar-refractivity contribution in [1.29, 1.82) is 0 Å². The minimum atomic E-state index is 0.168. The summed E-state index contributed by atoms with van der Waals surface area (Å²) >= 11 is 0. The van der Waals surface area contributed by atoms with Crippen molar-refractivity contribution in [1.82, 2.24) is 40.1 Å². The maximum Gasteiger partial charge on any atom is 0.155 e. The van der Waals surface area contributed by atoms with E-state index in [9.17, 15) is 0 Å². The minimum Gasteiger partial charge on any atom is -0.352 e. The first-order valence-electron chi connectivity index (χ1n) is 12.5. The molecule has 0 bridgehead atoms. The van der Waals surface area contributed by atoms with Gasteiger partial charge in [-0.1, -0.05) is 59.8 Å². The summed E-state index contributed by atoms with van der Waals surface area (Å²) in [5.74, 6) is 0.932. The fourth-order valence-electron chi connectivity index (χ4n) is 5.10. The van der Waals surface area contributed by atoms with Crippen molar-refractivity contribution in [2.75, 3.05) is 31.1 Å². The van der Waals surface area contributed by atoms with Gasteiger partial charge in [0.1, 0.15) is 5.69 Å². The lowest BCUT2D eigenvalue weighted by molar-refractivity contribution is 0.211. The number of nitrogens with one attached hydrogen (secondary N) is 1. The summed E-state index contributed by atoms with van der Waals surface area (Å²) in [4.78, 5) is 14.4. The van der Waals surface area contributed by atoms with Crippen molar-refractivity contribution in [2.24, 2.45) is 0 Å². The number of nitrogens with zero attached hydrogens (tertiary/aromatic N) is 8. The van der Waals surface area contributed by atoms with E-state index in [1.807, 2.05) is 17.1 Å². The van der Waals surface area contributed by atoms with Crippen molar-refractivity contribution >= 4 is 5.82 Å². The fourth-order valence-corrected chi connectivity index (χ4v) is 5.10. The van der Waals surface area contributed by atoms with E-state index >= 15 is 0 Å². The smallest absolute Gasteiger partial charge is 0.155 e. The predicted molar refractivity (Wildman–Crippen MR) is 142 cm³/mol. The zero-order chi connectivity index (χ0) is 25.0. The summed E-state index contributed by atoms with van der Waals surface area (Å²) in [6.07, 6.45) is 9.15. The van der Waals surface area contributed by atoms with E-state index in [1.54, 1.807) is 18.6 Å². The van der Waals surface area contributed by atoms with Crippen LogP contribution in [0.25, 0.3) is 11.3 Å². The van der Waals surface area contributed by atoms with Crippen LogP contribution in [0, 0.1) is 6.92 Å². The highest BCUT2D eigenvalue weighted by Gasteiger charge is 2.29. The van der Waals surface area contributed by atoms with Crippen molar-refractivity contribution in [3.05, 3.63) is 108 Å². The number of benzene rings is 2. The number of hydrogen-bond donors (Lipinski definition) is 1. The van der Waals surface area contributed by atoms with Gasteiger partial charge in [-0.2, -0.15) is 5.10 Å². The highest BCUT2D eigenvalue weighted by molar-refractivity contribution is 5.72. The van der Waals surface area contributed by atoms with E-state index in [0.29, 0.717) is 6.54 Å². The van der Waals surface area contributed by atoms with Crippen LogP contribution in [-0.2, 0) is 6.54 Å². The molecule has 1 N–H and O–H groups in total.